The Labute approximate surface area is 186 Å². The number of H-pyrrole nitrogens is 1. The predicted octanol–water partition coefficient (Wildman–Crippen LogP) is 3.64. The van der Waals surface area contributed by atoms with Crippen LogP contribution in [0.3, 0.4) is 0 Å². The number of amides is 1. The Hall–Kier alpha value is -2.62. The van der Waals surface area contributed by atoms with Gasteiger partial charge >= 0.3 is 6.01 Å². The lowest BCUT2D eigenvalue weighted by Gasteiger charge is -2.35. The third kappa shape index (κ3) is 4.00. The van der Waals surface area contributed by atoms with Crippen LogP contribution in [0.2, 0.25) is 5.02 Å². The number of hydrogen-bond donors (Lipinski definition) is 1. The van der Waals surface area contributed by atoms with E-state index in [2.05, 4.69) is 24.9 Å². The molecule has 156 valence electrons. The summed E-state index contributed by atoms with van der Waals surface area (Å²) in [7, 11) is 0. The number of hydrogen-bond acceptors (Lipinski definition) is 7. The number of rotatable bonds is 4. The average molecular weight is 469 g/mol. The number of ether oxygens (including phenoxy) is 1. The topological polar surface area (TPSA) is 100 Å². The molecule has 1 aliphatic heterocycles. The van der Waals surface area contributed by atoms with Crippen LogP contribution in [0.5, 0.6) is 11.8 Å². The minimum absolute atomic E-state index is 0.0385. The SMILES string of the molecule is CC(=O)N1CCN(c2nc(Oc3cncnc3)nc3[nH]c(/C(Cl)=C/Cl)c(Cl)c23)CC1. The fourth-order valence-electron chi connectivity index (χ4n) is 3.19. The predicted molar refractivity (Wildman–Crippen MR) is 115 cm³/mol. The lowest BCUT2D eigenvalue weighted by Crippen LogP contribution is -2.48. The zero-order valence-electron chi connectivity index (χ0n) is 15.8. The highest BCUT2D eigenvalue weighted by Crippen LogP contribution is 2.39. The third-order valence-corrected chi connectivity index (χ3v) is 5.66. The van der Waals surface area contributed by atoms with Crippen LogP contribution in [-0.2, 0) is 4.79 Å². The molecule has 9 nitrogen and oxygen atoms in total. The molecule has 0 radical (unpaired) electrons. The smallest absolute Gasteiger partial charge is 0.326 e. The van der Waals surface area contributed by atoms with Crippen molar-refractivity contribution in [3.05, 3.63) is 35.0 Å². The molecule has 1 N–H and O–H groups in total. The number of anilines is 1. The first-order chi connectivity index (χ1) is 14.5. The molecule has 1 aliphatic rings. The number of nitrogens with one attached hydrogen (secondary N) is 1. The maximum atomic E-state index is 11.7. The van der Waals surface area contributed by atoms with Gasteiger partial charge in [-0.25, -0.2) is 9.97 Å². The third-order valence-electron chi connectivity index (χ3n) is 4.66. The normalized spacial score (nSPS) is 15.0. The van der Waals surface area contributed by atoms with E-state index in [9.17, 15) is 4.79 Å². The maximum absolute atomic E-state index is 11.7. The van der Waals surface area contributed by atoms with Crippen molar-refractivity contribution in [3.63, 3.8) is 0 Å². The number of piperazine rings is 1. The fourth-order valence-corrected chi connectivity index (χ4v) is 3.81. The molecule has 3 aromatic rings. The Morgan fingerprint density at radius 2 is 1.90 bits per heavy atom. The van der Waals surface area contributed by atoms with Crippen molar-refractivity contribution in [2.45, 2.75) is 6.92 Å². The van der Waals surface area contributed by atoms with Crippen molar-refractivity contribution in [2.75, 3.05) is 31.1 Å². The summed E-state index contributed by atoms with van der Waals surface area (Å²) in [5, 5.41) is 1.19. The zero-order chi connectivity index (χ0) is 21.3. The van der Waals surface area contributed by atoms with Crippen molar-refractivity contribution in [1.29, 1.82) is 0 Å². The van der Waals surface area contributed by atoms with E-state index in [1.807, 2.05) is 4.90 Å². The quantitative estimate of drug-likeness (QED) is 0.624. The van der Waals surface area contributed by atoms with Crippen LogP contribution in [0.1, 0.15) is 12.6 Å². The van der Waals surface area contributed by atoms with Crippen molar-refractivity contribution in [3.8, 4) is 11.8 Å². The molecule has 0 unspecified atom stereocenters. The van der Waals surface area contributed by atoms with Gasteiger partial charge in [-0.05, 0) is 0 Å². The van der Waals surface area contributed by atoms with Crippen LogP contribution >= 0.6 is 34.8 Å². The van der Waals surface area contributed by atoms with Gasteiger partial charge in [0.1, 0.15) is 17.8 Å². The molecule has 0 aromatic carbocycles. The van der Waals surface area contributed by atoms with Crippen LogP contribution in [0.25, 0.3) is 16.1 Å². The van der Waals surface area contributed by atoms with Gasteiger partial charge < -0.3 is 19.5 Å². The maximum Gasteiger partial charge on any atom is 0.326 e. The van der Waals surface area contributed by atoms with Crippen molar-refractivity contribution in [1.82, 2.24) is 29.8 Å². The zero-order valence-corrected chi connectivity index (χ0v) is 18.0. The van der Waals surface area contributed by atoms with Gasteiger partial charge in [-0.1, -0.05) is 34.8 Å². The highest BCUT2D eigenvalue weighted by Gasteiger charge is 2.26. The summed E-state index contributed by atoms with van der Waals surface area (Å²) in [6.07, 6.45) is 4.41. The Morgan fingerprint density at radius 3 is 2.53 bits per heavy atom. The van der Waals surface area contributed by atoms with Gasteiger partial charge in [0.2, 0.25) is 5.91 Å². The summed E-state index contributed by atoms with van der Waals surface area (Å²) in [6.45, 7) is 3.86. The van der Waals surface area contributed by atoms with Crippen molar-refractivity contribution >= 4 is 62.6 Å². The summed E-state index contributed by atoms with van der Waals surface area (Å²) >= 11 is 18.6. The molecule has 4 heterocycles. The largest absolute Gasteiger partial charge is 0.421 e. The number of halogens is 3. The molecule has 1 fully saturated rings. The molecule has 1 amide bonds. The van der Waals surface area contributed by atoms with Crippen LogP contribution in [0.4, 0.5) is 5.82 Å². The lowest BCUT2D eigenvalue weighted by molar-refractivity contribution is -0.129. The molecule has 4 rings (SSSR count). The molecule has 0 aliphatic carbocycles. The van der Waals surface area contributed by atoms with Crippen LogP contribution < -0.4 is 9.64 Å². The number of fused-ring (bicyclic) bond motifs is 1. The van der Waals surface area contributed by atoms with E-state index in [1.54, 1.807) is 11.8 Å². The number of carbonyl (C=O) groups excluding carboxylic acids is 1. The first kappa shape index (κ1) is 20.6. The Morgan fingerprint density at radius 1 is 1.20 bits per heavy atom. The first-order valence-corrected chi connectivity index (χ1v) is 10.2. The molecule has 0 atom stereocenters. The second-order valence-corrected chi connectivity index (χ2v) is 7.50. The van der Waals surface area contributed by atoms with Gasteiger partial charge in [-0.15, -0.1) is 0 Å². The Balaban J connectivity index is 1.79. The summed E-state index contributed by atoms with van der Waals surface area (Å²) in [6, 6.07) is 0.0942. The van der Waals surface area contributed by atoms with Crippen molar-refractivity contribution < 1.29 is 9.53 Å². The first-order valence-electron chi connectivity index (χ1n) is 8.96. The minimum Gasteiger partial charge on any atom is -0.421 e. The molecule has 12 heteroatoms. The summed E-state index contributed by atoms with van der Waals surface area (Å²) in [4.78, 5) is 35.4. The molecule has 1 saturated heterocycles. The Bertz CT molecular complexity index is 1110. The second-order valence-electron chi connectivity index (χ2n) is 6.49. The van der Waals surface area contributed by atoms with E-state index in [0.717, 1.165) is 0 Å². The molecular weight excluding hydrogens is 453 g/mol. The van der Waals surface area contributed by atoms with E-state index >= 15 is 0 Å². The monoisotopic (exact) mass is 467 g/mol. The van der Waals surface area contributed by atoms with Gasteiger partial charge in [-0.3, -0.25) is 4.79 Å². The molecule has 3 aromatic heterocycles. The van der Waals surface area contributed by atoms with E-state index < -0.39 is 0 Å². The van der Waals surface area contributed by atoms with Gasteiger partial charge in [-0.2, -0.15) is 9.97 Å². The molecular formula is C18H16Cl3N7O2. The average Bonchev–Trinajstić information content (AvgIpc) is 3.10. The van der Waals surface area contributed by atoms with Gasteiger partial charge in [0.05, 0.1) is 33.5 Å². The van der Waals surface area contributed by atoms with Crippen molar-refractivity contribution in [2.24, 2.45) is 0 Å². The van der Waals surface area contributed by atoms with Gasteiger partial charge in [0.25, 0.3) is 0 Å². The highest BCUT2D eigenvalue weighted by atomic mass is 35.5. The second kappa shape index (κ2) is 8.63. The van der Waals surface area contributed by atoms with Crippen LogP contribution in [0.15, 0.2) is 24.3 Å². The fraction of sp³-hybridized carbons (Fsp3) is 0.278. The van der Waals surface area contributed by atoms with Gasteiger partial charge in [0, 0.05) is 38.6 Å². The summed E-state index contributed by atoms with van der Waals surface area (Å²) < 4.78 is 5.74. The molecule has 0 spiro atoms. The van der Waals surface area contributed by atoms with E-state index in [1.165, 1.54) is 24.3 Å². The number of carbonyl (C=O) groups is 1. The molecule has 0 bridgehead atoms. The number of aromatic amines is 1. The molecule has 0 saturated carbocycles. The van der Waals surface area contributed by atoms with E-state index in [4.69, 9.17) is 39.5 Å². The van der Waals surface area contributed by atoms with Gasteiger partial charge in [0.15, 0.2) is 5.75 Å². The number of aromatic nitrogens is 5. The standard InChI is InChI=1S/C18H16Cl3N7O2/c1-10(29)27-2-4-28(5-3-27)17-13-14(21)15(12(20)6-19)24-16(13)25-18(26-17)30-11-7-22-9-23-8-11/h6-9H,2-5H2,1H3,(H,24,25,26)/b12-6-. The van der Waals surface area contributed by atoms with Crippen LogP contribution in [-0.4, -0.2) is 61.9 Å². The lowest BCUT2D eigenvalue weighted by atomic mass is 10.2. The minimum atomic E-state index is 0.0385. The van der Waals surface area contributed by atoms with E-state index in [0.29, 0.717) is 59.5 Å². The summed E-state index contributed by atoms with van der Waals surface area (Å²) in [5.74, 6) is 0.999. The highest BCUT2D eigenvalue weighted by molar-refractivity contribution is 6.54. The summed E-state index contributed by atoms with van der Waals surface area (Å²) in [5.41, 5.74) is 2.09. The number of nitrogens with zero attached hydrogens (tertiary/aromatic N) is 6. The van der Waals surface area contributed by atoms with E-state index in [-0.39, 0.29) is 16.9 Å². The van der Waals surface area contributed by atoms with Crippen LogP contribution in [0, 0.1) is 0 Å². The molecule has 30 heavy (non-hydrogen) atoms. The Kier molecular flexibility index (Phi) is 5.94.